The zero-order valence-corrected chi connectivity index (χ0v) is 12.2. The van der Waals surface area contributed by atoms with E-state index in [0.717, 1.165) is 6.42 Å². The lowest BCUT2D eigenvalue weighted by Crippen LogP contribution is -2.44. The van der Waals surface area contributed by atoms with Crippen LogP contribution < -0.4 is 5.32 Å². The third-order valence-corrected chi connectivity index (χ3v) is 3.82. The van der Waals surface area contributed by atoms with E-state index in [-0.39, 0.29) is 11.2 Å². The van der Waals surface area contributed by atoms with Crippen LogP contribution >= 0.6 is 0 Å². The first-order chi connectivity index (χ1) is 8.30. The Labute approximate surface area is 111 Å². The van der Waals surface area contributed by atoms with Crippen LogP contribution in [-0.4, -0.2) is 17.2 Å². The van der Waals surface area contributed by atoms with Crippen LogP contribution in [-0.2, 0) is 4.74 Å². The van der Waals surface area contributed by atoms with E-state index in [1.165, 1.54) is 5.56 Å². The Morgan fingerprint density at radius 2 is 1.78 bits per heavy atom. The van der Waals surface area contributed by atoms with Crippen molar-refractivity contribution in [1.82, 2.24) is 5.32 Å². The minimum atomic E-state index is -0.105. The molecule has 1 unspecified atom stereocenters. The molecule has 18 heavy (non-hydrogen) atoms. The molecule has 0 saturated carbocycles. The summed E-state index contributed by atoms with van der Waals surface area (Å²) in [6.07, 6.45) is 1.05. The summed E-state index contributed by atoms with van der Waals surface area (Å²) in [7, 11) is 0. The Hall–Kier alpha value is -0.860. The quantitative estimate of drug-likeness (QED) is 0.879. The largest absolute Gasteiger partial charge is 0.368 e. The smallest absolute Gasteiger partial charge is 0.0787 e. The molecule has 0 spiro atoms. The first-order valence-corrected chi connectivity index (χ1v) is 6.81. The molecule has 0 bridgehead atoms. The molecule has 1 aliphatic rings. The van der Waals surface area contributed by atoms with Crippen LogP contribution in [0.1, 0.15) is 52.6 Å². The summed E-state index contributed by atoms with van der Waals surface area (Å²) in [6.45, 7) is 10.9. The summed E-state index contributed by atoms with van der Waals surface area (Å²) >= 11 is 0. The van der Waals surface area contributed by atoms with Gasteiger partial charge in [0, 0.05) is 12.1 Å². The fraction of sp³-hybridized carbons (Fsp3) is 0.625. The van der Waals surface area contributed by atoms with E-state index in [9.17, 15) is 0 Å². The highest BCUT2D eigenvalue weighted by atomic mass is 16.5. The van der Waals surface area contributed by atoms with Gasteiger partial charge in [0.25, 0.3) is 0 Å². The van der Waals surface area contributed by atoms with E-state index < -0.39 is 0 Å². The van der Waals surface area contributed by atoms with Gasteiger partial charge in [-0.05, 0) is 46.6 Å². The number of benzene rings is 1. The summed E-state index contributed by atoms with van der Waals surface area (Å²) in [5, 5.41) is 3.72. The Bertz CT molecular complexity index is 397. The van der Waals surface area contributed by atoms with Gasteiger partial charge in [-0.15, -0.1) is 0 Å². The molecule has 1 aromatic carbocycles. The van der Waals surface area contributed by atoms with Gasteiger partial charge >= 0.3 is 0 Å². The number of hydrogen-bond donors (Lipinski definition) is 1. The maximum atomic E-state index is 6.12. The minimum absolute atomic E-state index is 0.0302. The molecule has 2 rings (SSSR count). The van der Waals surface area contributed by atoms with Crippen molar-refractivity contribution in [3.63, 3.8) is 0 Å². The number of ether oxygens (including phenoxy) is 1. The molecule has 1 aliphatic heterocycles. The summed E-state index contributed by atoms with van der Waals surface area (Å²) < 4.78 is 6.12. The Balaban J connectivity index is 2.06. The van der Waals surface area contributed by atoms with Gasteiger partial charge in [0.15, 0.2) is 0 Å². The summed E-state index contributed by atoms with van der Waals surface area (Å²) in [5.41, 5.74) is 1.20. The predicted octanol–water partition coefficient (Wildman–Crippen LogP) is 3.68. The molecule has 0 radical (unpaired) electrons. The zero-order valence-electron chi connectivity index (χ0n) is 12.2. The van der Waals surface area contributed by atoms with Gasteiger partial charge in [0.1, 0.15) is 0 Å². The lowest BCUT2D eigenvalue weighted by atomic mass is 9.93. The lowest BCUT2D eigenvalue weighted by molar-refractivity contribution is -0.0703. The molecule has 1 heterocycles. The van der Waals surface area contributed by atoms with Gasteiger partial charge in [0.2, 0.25) is 0 Å². The SMILES string of the molecule is C[C@@H](NC1CC(C)(C)OC1(C)C)c1ccccc1. The van der Waals surface area contributed by atoms with Crippen LogP contribution in [0.15, 0.2) is 30.3 Å². The standard InChI is InChI=1S/C16H25NO/c1-12(13-9-7-6-8-10-13)17-14-11-15(2,3)18-16(14,4)5/h6-10,12,14,17H,11H2,1-5H3/t12-,14?/m1/s1. The fourth-order valence-corrected chi connectivity index (χ4v) is 2.96. The lowest BCUT2D eigenvalue weighted by Gasteiger charge is -2.30. The average Bonchev–Trinajstić information content (AvgIpc) is 2.48. The molecular weight excluding hydrogens is 222 g/mol. The maximum absolute atomic E-state index is 6.12. The van der Waals surface area contributed by atoms with Crippen molar-refractivity contribution in [2.45, 2.75) is 64.3 Å². The predicted molar refractivity (Wildman–Crippen MR) is 75.6 cm³/mol. The van der Waals surface area contributed by atoms with Gasteiger partial charge in [0.05, 0.1) is 11.2 Å². The topological polar surface area (TPSA) is 21.3 Å². The van der Waals surface area contributed by atoms with E-state index in [0.29, 0.717) is 12.1 Å². The molecule has 1 N–H and O–H groups in total. The summed E-state index contributed by atoms with van der Waals surface area (Å²) in [5.74, 6) is 0. The third kappa shape index (κ3) is 2.93. The van der Waals surface area contributed by atoms with Crippen LogP contribution in [0.25, 0.3) is 0 Å². The number of hydrogen-bond acceptors (Lipinski definition) is 2. The fourth-order valence-electron chi connectivity index (χ4n) is 2.96. The number of rotatable bonds is 3. The summed E-state index contributed by atoms with van der Waals surface area (Å²) in [4.78, 5) is 0. The molecule has 2 atom stereocenters. The summed E-state index contributed by atoms with van der Waals surface area (Å²) in [6, 6.07) is 11.3. The van der Waals surface area contributed by atoms with Crippen molar-refractivity contribution in [3.05, 3.63) is 35.9 Å². The Morgan fingerprint density at radius 1 is 1.17 bits per heavy atom. The van der Waals surface area contributed by atoms with Crippen molar-refractivity contribution < 1.29 is 4.74 Å². The molecule has 100 valence electrons. The van der Waals surface area contributed by atoms with E-state index in [4.69, 9.17) is 4.74 Å². The molecule has 1 fully saturated rings. The van der Waals surface area contributed by atoms with Gasteiger partial charge in [-0.3, -0.25) is 0 Å². The van der Waals surface area contributed by atoms with Gasteiger partial charge < -0.3 is 10.1 Å². The third-order valence-electron chi connectivity index (χ3n) is 3.82. The molecule has 0 aromatic heterocycles. The molecule has 1 saturated heterocycles. The monoisotopic (exact) mass is 247 g/mol. The van der Waals surface area contributed by atoms with Crippen LogP contribution in [0.5, 0.6) is 0 Å². The van der Waals surface area contributed by atoms with Crippen molar-refractivity contribution >= 4 is 0 Å². The highest BCUT2D eigenvalue weighted by Gasteiger charge is 2.46. The van der Waals surface area contributed by atoms with Crippen molar-refractivity contribution in [3.8, 4) is 0 Å². The highest BCUT2D eigenvalue weighted by molar-refractivity contribution is 5.18. The molecule has 2 nitrogen and oxygen atoms in total. The van der Waals surface area contributed by atoms with Gasteiger partial charge in [-0.1, -0.05) is 30.3 Å². The molecule has 0 amide bonds. The zero-order chi connectivity index (χ0) is 13.4. The highest BCUT2D eigenvalue weighted by Crippen LogP contribution is 2.38. The Kier molecular flexibility index (Phi) is 3.52. The second-order valence-electron chi connectivity index (χ2n) is 6.52. The second-order valence-corrected chi connectivity index (χ2v) is 6.52. The normalized spacial score (nSPS) is 27.1. The maximum Gasteiger partial charge on any atom is 0.0787 e. The van der Waals surface area contributed by atoms with Crippen LogP contribution in [0, 0.1) is 0 Å². The van der Waals surface area contributed by atoms with Gasteiger partial charge in [-0.25, -0.2) is 0 Å². The van der Waals surface area contributed by atoms with E-state index in [1.54, 1.807) is 0 Å². The number of nitrogens with one attached hydrogen (secondary N) is 1. The van der Waals surface area contributed by atoms with Crippen LogP contribution in [0.2, 0.25) is 0 Å². The molecule has 2 heteroatoms. The van der Waals surface area contributed by atoms with Crippen molar-refractivity contribution in [1.29, 1.82) is 0 Å². The first kappa shape index (κ1) is 13.6. The first-order valence-electron chi connectivity index (χ1n) is 6.81. The van der Waals surface area contributed by atoms with Crippen molar-refractivity contribution in [2.24, 2.45) is 0 Å². The minimum Gasteiger partial charge on any atom is -0.368 e. The molecular formula is C16H25NO. The van der Waals surface area contributed by atoms with E-state index >= 15 is 0 Å². The van der Waals surface area contributed by atoms with E-state index in [1.807, 2.05) is 0 Å². The second kappa shape index (κ2) is 4.67. The average molecular weight is 247 g/mol. The molecule has 0 aliphatic carbocycles. The van der Waals surface area contributed by atoms with Crippen LogP contribution in [0.4, 0.5) is 0 Å². The molecule has 1 aromatic rings. The Morgan fingerprint density at radius 3 is 2.28 bits per heavy atom. The van der Waals surface area contributed by atoms with E-state index in [2.05, 4.69) is 70.3 Å². The van der Waals surface area contributed by atoms with Gasteiger partial charge in [-0.2, -0.15) is 0 Å². The van der Waals surface area contributed by atoms with Crippen molar-refractivity contribution in [2.75, 3.05) is 0 Å². The van der Waals surface area contributed by atoms with Crippen LogP contribution in [0.3, 0.4) is 0 Å².